The number of nitrogens with zero attached hydrogens (tertiary/aromatic N) is 1. The first-order chi connectivity index (χ1) is 14.4. The lowest BCUT2D eigenvalue weighted by Crippen LogP contribution is -2.24. The Hall–Kier alpha value is -4.33. The van der Waals surface area contributed by atoms with Gasteiger partial charge in [0.1, 0.15) is 6.61 Å². The Kier molecular flexibility index (Phi) is 4.59. The summed E-state index contributed by atoms with van der Waals surface area (Å²) in [5.74, 6) is -1.66. The molecule has 0 fully saturated rings. The Morgan fingerprint density at radius 3 is 2.23 bits per heavy atom. The first-order valence-corrected chi connectivity index (χ1v) is 8.90. The molecule has 0 heterocycles. The molecule has 0 unspecified atom stereocenters. The zero-order valence-electron chi connectivity index (χ0n) is 15.5. The second-order valence-electron chi connectivity index (χ2n) is 6.62. The number of nitrogens with two attached hydrogens (primary N) is 1. The quantitative estimate of drug-likeness (QED) is 0.240. The molecular weight excluding hydrogens is 388 g/mol. The maximum Gasteiger partial charge on any atom is 0.340 e. The van der Waals surface area contributed by atoms with Crippen molar-refractivity contribution in [2.45, 2.75) is 6.61 Å². The summed E-state index contributed by atoms with van der Waals surface area (Å²) in [7, 11) is 0. The molecule has 0 bridgehead atoms. The number of carbonyl (C=O) groups is 3. The van der Waals surface area contributed by atoms with Crippen LogP contribution in [0.2, 0.25) is 0 Å². The van der Waals surface area contributed by atoms with Gasteiger partial charge in [-0.15, -0.1) is 0 Å². The molecule has 4 rings (SSSR count). The molecule has 0 aromatic heterocycles. The van der Waals surface area contributed by atoms with E-state index in [1.165, 1.54) is 36.4 Å². The van der Waals surface area contributed by atoms with E-state index in [1.807, 2.05) is 0 Å². The van der Waals surface area contributed by atoms with Crippen molar-refractivity contribution in [1.29, 1.82) is 0 Å². The Morgan fingerprint density at radius 2 is 1.53 bits per heavy atom. The van der Waals surface area contributed by atoms with Crippen LogP contribution in [-0.2, 0) is 11.3 Å². The third-order valence-electron chi connectivity index (χ3n) is 4.90. The van der Waals surface area contributed by atoms with Crippen LogP contribution in [0.25, 0.3) is 0 Å². The van der Waals surface area contributed by atoms with Crippen molar-refractivity contribution in [3.63, 3.8) is 0 Å². The number of nitro benzene ring substituents is 1. The van der Waals surface area contributed by atoms with Gasteiger partial charge < -0.3 is 10.5 Å². The average Bonchev–Trinajstić information content (AvgIpc) is 2.75. The molecule has 0 amide bonds. The minimum absolute atomic E-state index is 0.0427. The fourth-order valence-corrected chi connectivity index (χ4v) is 3.42. The molecule has 30 heavy (non-hydrogen) atoms. The fourth-order valence-electron chi connectivity index (χ4n) is 3.42. The molecule has 1 aliphatic carbocycles. The standard InChI is InChI=1S/C22H14N2O6/c23-19-16(22(27)30-11-12-5-1-4-8-17(12)24(28)29)10-9-15-18(19)21(26)14-7-3-2-6-13(14)20(15)25/h1-10H,11,23H2. The number of anilines is 1. The van der Waals surface area contributed by atoms with Crippen LogP contribution in [0.15, 0.2) is 60.7 Å². The van der Waals surface area contributed by atoms with E-state index in [0.717, 1.165) is 0 Å². The van der Waals surface area contributed by atoms with Gasteiger partial charge in [0, 0.05) is 22.8 Å². The number of nitro groups is 1. The van der Waals surface area contributed by atoms with Crippen LogP contribution in [0.5, 0.6) is 0 Å². The number of hydrogen-bond donors (Lipinski definition) is 1. The predicted molar refractivity (Wildman–Crippen MR) is 106 cm³/mol. The number of nitrogen functional groups attached to an aromatic ring is 1. The number of hydrogen-bond acceptors (Lipinski definition) is 7. The molecular formula is C22H14N2O6. The van der Waals surface area contributed by atoms with Crippen molar-refractivity contribution in [3.05, 3.63) is 104 Å². The van der Waals surface area contributed by atoms with E-state index in [0.29, 0.717) is 0 Å². The Labute approximate surface area is 170 Å². The summed E-state index contributed by atoms with van der Waals surface area (Å²) in [5, 5.41) is 11.1. The summed E-state index contributed by atoms with van der Waals surface area (Å²) in [4.78, 5) is 48.7. The first kappa shape index (κ1) is 19.0. The van der Waals surface area contributed by atoms with Gasteiger partial charge in [0.05, 0.1) is 27.3 Å². The van der Waals surface area contributed by atoms with Crippen LogP contribution in [-0.4, -0.2) is 22.5 Å². The highest BCUT2D eigenvalue weighted by Gasteiger charge is 2.33. The van der Waals surface area contributed by atoms with Gasteiger partial charge in [-0.2, -0.15) is 0 Å². The number of rotatable bonds is 4. The highest BCUT2D eigenvalue weighted by molar-refractivity contribution is 6.30. The zero-order valence-corrected chi connectivity index (χ0v) is 15.5. The van der Waals surface area contributed by atoms with Gasteiger partial charge in [-0.1, -0.05) is 36.4 Å². The van der Waals surface area contributed by atoms with Gasteiger partial charge in [0.25, 0.3) is 5.69 Å². The first-order valence-electron chi connectivity index (χ1n) is 8.90. The molecule has 0 saturated carbocycles. The third kappa shape index (κ3) is 3.00. The summed E-state index contributed by atoms with van der Waals surface area (Å²) in [6.07, 6.45) is 0. The minimum Gasteiger partial charge on any atom is -0.457 e. The molecule has 3 aromatic carbocycles. The maximum atomic E-state index is 12.9. The molecule has 0 saturated heterocycles. The highest BCUT2D eigenvalue weighted by Crippen LogP contribution is 2.33. The number of esters is 1. The fraction of sp³-hybridized carbons (Fsp3) is 0.0455. The van der Waals surface area contributed by atoms with E-state index in [1.54, 1.807) is 24.3 Å². The van der Waals surface area contributed by atoms with Crippen molar-refractivity contribution in [3.8, 4) is 0 Å². The summed E-state index contributed by atoms with van der Waals surface area (Å²) >= 11 is 0. The van der Waals surface area contributed by atoms with Gasteiger partial charge >= 0.3 is 5.97 Å². The second kappa shape index (κ2) is 7.25. The Balaban J connectivity index is 1.66. The molecule has 0 aliphatic heterocycles. The van der Waals surface area contributed by atoms with Crippen LogP contribution >= 0.6 is 0 Å². The average molecular weight is 402 g/mol. The van der Waals surface area contributed by atoms with Gasteiger partial charge in [-0.3, -0.25) is 19.7 Å². The topological polar surface area (TPSA) is 130 Å². The van der Waals surface area contributed by atoms with E-state index in [-0.39, 0.29) is 57.1 Å². The summed E-state index contributed by atoms with van der Waals surface area (Å²) in [6, 6.07) is 14.9. The molecule has 8 nitrogen and oxygen atoms in total. The SMILES string of the molecule is Nc1c(C(=O)OCc2ccccc2[N+](=O)[O-])ccc2c1C(=O)c1ccccc1C2=O. The number of benzene rings is 3. The van der Waals surface area contributed by atoms with Crippen molar-refractivity contribution >= 4 is 28.9 Å². The molecule has 8 heteroatoms. The third-order valence-corrected chi connectivity index (χ3v) is 4.90. The largest absolute Gasteiger partial charge is 0.457 e. The zero-order chi connectivity index (χ0) is 21.4. The number of para-hydroxylation sites is 1. The highest BCUT2D eigenvalue weighted by atomic mass is 16.6. The number of carbonyl (C=O) groups excluding carboxylic acids is 3. The molecule has 2 N–H and O–H groups in total. The summed E-state index contributed by atoms with van der Waals surface area (Å²) in [5.41, 5.74) is 6.43. The van der Waals surface area contributed by atoms with Gasteiger partial charge in [0.2, 0.25) is 0 Å². The van der Waals surface area contributed by atoms with Crippen molar-refractivity contribution in [2.24, 2.45) is 0 Å². The van der Waals surface area contributed by atoms with Crippen molar-refractivity contribution in [2.75, 3.05) is 5.73 Å². The summed E-state index contributed by atoms with van der Waals surface area (Å²) < 4.78 is 5.19. The number of ketones is 2. The molecule has 0 radical (unpaired) electrons. The van der Waals surface area contributed by atoms with Gasteiger partial charge in [-0.25, -0.2) is 4.79 Å². The Bertz CT molecular complexity index is 1250. The van der Waals surface area contributed by atoms with Gasteiger partial charge in [0.15, 0.2) is 11.6 Å². The van der Waals surface area contributed by atoms with Gasteiger partial charge in [-0.05, 0) is 18.2 Å². The maximum absolute atomic E-state index is 12.9. The molecule has 1 aliphatic rings. The lowest BCUT2D eigenvalue weighted by molar-refractivity contribution is -0.385. The van der Waals surface area contributed by atoms with Crippen LogP contribution < -0.4 is 5.73 Å². The molecule has 3 aromatic rings. The lowest BCUT2D eigenvalue weighted by Gasteiger charge is -2.20. The van der Waals surface area contributed by atoms with Crippen LogP contribution in [0.3, 0.4) is 0 Å². The van der Waals surface area contributed by atoms with Crippen molar-refractivity contribution in [1.82, 2.24) is 0 Å². The van der Waals surface area contributed by atoms with Crippen LogP contribution in [0.4, 0.5) is 11.4 Å². The predicted octanol–water partition coefficient (Wildman–Crippen LogP) is 3.31. The van der Waals surface area contributed by atoms with E-state index in [4.69, 9.17) is 10.5 Å². The Morgan fingerprint density at radius 1 is 0.900 bits per heavy atom. The normalized spacial score (nSPS) is 12.1. The second-order valence-corrected chi connectivity index (χ2v) is 6.62. The van der Waals surface area contributed by atoms with Crippen LogP contribution in [0, 0.1) is 10.1 Å². The molecule has 0 spiro atoms. The van der Waals surface area contributed by atoms with E-state index in [2.05, 4.69) is 0 Å². The van der Waals surface area contributed by atoms with Crippen LogP contribution in [0.1, 0.15) is 47.8 Å². The van der Waals surface area contributed by atoms with E-state index < -0.39 is 16.7 Å². The van der Waals surface area contributed by atoms with E-state index in [9.17, 15) is 24.5 Å². The van der Waals surface area contributed by atoms with E-state index >= 15 is 0 Å². The molecule has 148 valence electrons. The number of fused-ring (bicyclic) bond motifs is 2. The monoisotopic (exact) mass is 402 g/mol. The smallest absolute Gasteiger partial charge is 0.340 e. The number of ether oxygens (including phenoxy) is 1. The lowest BCUT2D eigenvalue weighted by atomic mass is 9.82. The minimum atomic E-state index is -0.854. The molecule has 0 atom stereocenters. The summed E-state index contributed by atoms with van der Waals surface area (Å²) in [6.45, 7) is -0.345. The van der Waals surface area contributed by atoms with Crippen molar-refractivity contribution < 1.29 is 24.0 Å².